The van der Waals surface area contributed by atoms with Gasteiger partial charge in [0.25, 0.3) is 0 Å². The van der Waals surface area contributed by atoms with E-state index < -0.39 is 0 Å². The van der Waals surface area contributed by atoms with Gasteiger partial charge in [-0.05, 0) is 6.54 Å². The number of hydrogen-bond donors (Lipinski definition) is 3. The summed E-state index contributed by atoms with van der Waals surface area (Å²) in [6.45, 7) is 4.34. The molecule has 0 radical (unpaired) electrons. The zero-order chi connectivity index (χ0) is 12.2. The van der Waals surface area contributed by atoms with Gasteiger partial charge in [-0.3, -0.25) is 9.59 Å². The van der Waals surface area contributed by atoms with Crippen molar-refractivity contribution in [2.75, 3.05) is 39.9 Å². The van der Waals surface area contributed by atoms with Crippen molar-refractivity contribution in [3.8, 4) is 0 Å². The highest BCUT2D eigenvalue weighted by atomic mass is 16.5. The Morgan fingerprint density at radius 3 is 2.44 bits per heavy atom. The summed E-state index contributed by atoms with van der Waals surface area (Å²) in [6, 6.07) is 0. The molecule has 0 aliphatic carbocycles. The first-order valence-corrected chi connectivity index (χ1v) is 5.43. The smallest absolute Gasteiger partial charge is 0.233 e. The largest absolute Gasteiger partial charge is 0.383 e. The highest BCUT2D eigenvalue weighted by Gasteiger charge is 2.02. The Bertz CT molecular complexity index is 209. The molecule has 0 bridgehead atoms. The first kappa shape index (κ1) is 14.9. The quantitative estimate of drug-likeness (QED) is 0.438. The lowest BCUT2D eigenvalue weighted by atomic mass is 10.4. The third-order valence-electron chi connectivity index (χ3n) is 1.84. The molecule has 0 saturated heterocycles. The second-order valence-electron chi connectivity index (χ2n) is 3.22. The summed E-state index contributed by atoms with van der Waals surface area (Å²) in [5.74, 6) is -0.174. The predicted octanol–water partition coefficient (Wildman–Crippen LogP) is -1.14. The van der Waals surface area contributed by atoms with Crippen molar-refractivity contribution in [3.05, 3.63) is 0 Å². The molecular weight excluding hydrogens is 210 g/mol. The molecule has 16 heavy (non-hydrogen) atoms. The molecule has 2 amide bonds. The fraction of sp³-hybridized carbons (Fsp3) is 0.800. The minimum atomic E-state index is -0.0912. The molecule has 0 unspecified atom stereocenters. The standard InChI is InChI=1S/C10H21N3O3/c1-3-11-8-10(15)12-5-4-9(14)13-6-7-16-2/h11H,3-8H2,1-2H3,(H,12,15)(H,13,14). The van der Waals surface area contributed by atoms with Crippen LogP contribution in [0.4, 0.5) is 0 Å². The number of likely N-dealkylation sites (N-methyl/N-ethyl adjacent to an activating group) is 1. The molecule has 6 heteroatoms. The van der Waals surface area contributed by atoms with Gasteiger partial charge in [0, 0.05) is 26.6 Å². The summed E-state index contributed by atoms with van der Waals surface area (Å²) >= 11 is 0. The molecule has 0 saturated carbocycles. The van der Waals surface area contributed by atoms with Gasteiger partial charge < -0.3 is 20.7 Å². The second kappa shape index (κ2) is 10.4. The van der Waals surface area contributed by atoms with E-state index in [0.717, 1.165) is 6.54 Å². The van der Waals surface area contributed by atoms with Gasteiger partial charge in [0.05, 0.1) is 13.2 Å². The monoisotopic (exact) mass is 231 g/mol. The summed E-state index contributed by atoms with van der Waals surface area (Å²) in [5, 5.41) is 8.21. The highest BCUT2D eigenvalue weighted by molar-refractivity contribution is 5.80. The van der Waals surface area contributed by atoms with Gasteiger partial charge >= 0.3 is 0 Å². The number of ether oxygens (including phenoxy) is 1. The highest BCUT2D eigenvalue weighted by Crippen LogP contribution is 1.77. The Morgan fingerprint density at radius 2 is 1.81 bits per heavy atom. The average molecular weight is 231 g/mol. The molecule has 0 atom stereocenters. The lowest BCUT2D eigenvalue weighted by molar-refractivity contribution is -0.122. The van der Waals surface area contributed by atoms with E-state index in [1.165, 1.54) is 0 Å². The maximum absolute atomic E-state index is 11.2. The van der Waals surface area contributed by atoms with Crippen LogP contribution >= 0.6 is 0 Å². The number of rotatable bonds is 9. The van der Waals surface area contributed by atoms with Crippen LogP contribution < -0.4 is 16.0 Å². The van der Waals surface area contributed by atoms with Gasteiger partial charge in [-0.2, -0.15) is 0 Å². The van der Waals surface area contributed by atoms with E-state index in [1.807, 2.05) is 6.92 Å². The van der Waals surface area contributed by atoms with Crippen LogP contribution in [0.15, 0.2) is 0 Å². The first-order valence-electron chi connectivity index (χ1n) is 5.43. The minimum Gasteiger partial charge on any atom is -0.383 e. The molecular formula is C10H21N3O3. The van der Waals surface area contributed by atoms with Gasteiger partial charge in [0.2, 0.25) is 11.8 Å². The van der Waals surface area contributed by atoms with Crippen molar-refractivity contribution in [1.82, 2.24) is 16.0 Å². The number of carbonyl (C=O) groups excluding carboxylic acids is 2. The Hall–Kier alpha value is -1.14. The third kappa shape index (κ3) is 9.42. The fourth-order valence-electron chi connectivity index (χ4n) is 0.997. The van der Waals surface area contributed by atoms with Gasteiger partial charge in [-0.15, -0.1) is 0 Å². The average Bonchev–Trinajstić information content (AvgIpc) is 2.26. The Morgan fingerprint density at radius 1 is 1.12 bits per heavy atom. The number of hydrogen-bond acceptors (Lipinski definition) is 4. The summed E-state index contributed by atoms with van der Waals surface area (Å²) in [4.78, 5) is 22.3. The zero-order valence-corrected chi connectivity index (χ0v) is 9.97. The molecule has 0 aromatic heterocycles. The first-order chi connectivity index (χ1) is 7.70. The predicted molar refractivity (Wildman–Crippen MR) is 61.1 cm³/mol. The molecule has 3 N–H and O–H groups in total. The summed E-state index contributed by atoms with van der Waals surface area (Å²) in [6.07, 6.45) is 0.293. The van der Waals surface area contributed by atoms with E-state index in [0.29, 0.717) is 32.7 Å². The molecule has 0 aliphatic rings. The molecule has 6 nitrogen and oxygen atoms in total. The van der Waals surface area contributed by atoms with Crippen molar-refractivity contribution in [3.63, 3.8) is 0 Å². The van der Waals surface area contributed by atoms with Crippen LogP contribution in [0.2, 0.25) is 0 Å². The van der Waals surface area contributed by atoms with Gasteiger partial charge in [-0.25, -0.2) is 0 Å². The van der Waals surface area contributed by atoms with Crippen molar-refractivity contribution in [2.24, 2.45) is 0 Å². The molecule has 0 heterocycles. The molecule has 0 spiro atoms. The van der Waals surface area contributed by atoms with E-state index in [1.54, 1.807) is 7.11 Å². The van der Waals surface area contributed by atoms with Gasteiger partial charge in [0.1, 0.15) is 0 Å². The molecule has 94 valence electrons. The molecule has 0 aromatic carbocycles. The van der Waals surface area contributed by atoms with E-state index >= 15 is 0 Å². The Kier molecular flexibility index (Phi) is 9.64. The van der Waals surface area contributed by atoms with Crippen LogP contribution in [0, 0.1) is 0 Å². The second-order valence-corrected chi connectivity index (χ2v) is 3.22. The summed E-state index contributed by atoms with van der Waals surface area (Å²) < 4.78 is 4.79. The van der Waals surface area contributed by atoms with Crippen LogP contribution in [0.5, 0.6) is 0 Å². The fourth-order valence-corrected chi connectivity index (χ4v) is 0.997. The SMILES string of the molecule is CCNCC(=O)NCCC(=O)NCCOC. The van der Waals surface area contributed by atoms with Crippen molar-refractivity contribution < 1.29 is 14.3 Å². The summed E-state index contributed by atoms with van der Waals surface area (Å²) in [5.41, 5.74) is 0. The van der Waals surface area contributed by atoms with Gasteiger partial charge in [0.15, 0.2) is 0 Å². The van der Waals surface area contributed by atoms with Crippen LogP contribution in [0.25, 0.3) is 0 Å². The number of carbonyl (C=O) groups is 2. The van der Waals surface area contributed by atoms with Gasteiger partial charge in [-0.1, -0.05) is 6.92 Å². The normalized spacial score (nSPS) is 9.88. The minimum absolute atomic E-state index is 0.0826. The summed E-state index contributed by atoms with van der Waals surface area (Å²) in [7, 11) is 1.58. The van der Waals surface area contributed by atoms with Crippen molar-refractivity contribution >= 4 is 11.8 Å². The maximum atomic E-state index is 11.2. The molecule has 0 aromatic rings. The molecule has 0 rings (SSSR count). The van der Waals surface area contributed by atoms with E-state index in [-0.39, 0.29) is 11.8 Å². The number of methoxy groups -OCH3 is 1. The van der Waals surface area contributed by atoms with Crippen LogP contribution in [0.3, 0.4) is 0 Å². The van der Waals surface area contributed by atoms with Crippen LogP contribution in [0.1, 0.15) is 13.3 Å². The molecule has 0 fully saturated rings. The van der Waals surface area contributed by atoms with Crippen molar-refractivity contribution in [1.29, 1.82) is 0 Å². The van der Waals surface area contributed by atoms with E-state index in [4.69, 9.17) is 4.74 Å². The van der Waals surface area contributed by atoms with E-state index in [2.05, 4.69) is 16.0 Å². The maximum Gasteiger partial charge on any atom is 0.233 e. The van der Waals surface area contributed by atoms with Crippen LogP contribution in [-0.4, -0.2) is 51.7 Å². The lowest BCUT2D eigenvalue weighted by Gasteiger charge is -2.06. The Labute approximate surface area is 96.1 Å². The number of nitrogens with one attached hydrogen (secondary N) is 3. The lowest BCUT2D eigenvalue weighted by Crippen LogP contribution is -2.36. The topological polar surface area (TPSA) is 79.5 Å². The van der Waals surface area contributed by atoms with Crippen molar-refractivity contribution in [2.45, 2.75) is 13.3 Å². The molecule has 0 aliphatic heterocycles. The van der Waals surface area contributed by atoms with Crippen LogP contribution in [-0.2, 0) is 14.3 Å². The third-order valence-corrected chi connectivity index (χ3v) is 1.84. The number of amides is 2. The van der Waals surface area contributed by atoms with E-state index in [9.17, 15) is 9.59 Å². The zero-order valence-electron chi connectivity index (χ0n) is 9.97. The Balaban J connectivity index is 3.36.